The molecule has 1 aromatic rings. The summed E-state index contributed by atoms with van der Waals surface area (Å²) in [6.07, 6.45) is 3.81. The summed E-state index contributed by atoms with van der Waals surface area (Å²) in [7, 11) is 0. The van der Waals surface area contributed by atoms with Gasteiger partial charge in [-0.3, -0.25) is 4.79 Å². The maximum atomic E-state index is 13.4. The average molecular weight is 311 g/mol. The highest BCUT2D eigenvalue weighted by molar-refractivity contribution is 7.99. The SMILES string of the molecule is C/C=C/CC(NC(=O)CCSc1ccccc1F)C(=O)O. The molecule has 0 aromatic heterocycles. The minimum absolute atomic E-state index is 0.138. The van der Waals surface area contributed by atoms with Crippen molar-refractivity contribution in [1.29, 1.82) is 0 Å². The van der Waals surface area contributed by atoms with Crippen LogP contribution in [0.4, 0.5) is 4.39 Å². The Morgan fingerprint density at radius 3 is 2.76 bits per heavy atom. The van der Waals surface area contributed by atoms with Crippen LogP contribution in [0.25, 0.3) is 0 Å². The van der Waals surface area contributed by atoms with E-state index in [9.17, 15) is 14.0 Å². The summed E-state index contributed by atoms with van der Waals surface area (Å²) in [5, 5.41) is 11.4. The summed E-state index contributed by atoms with van der Waals surface area (Å²) in [6.45, 7) is 1.78. The summed E-state index contributed by atoms with van der Waals surface area (Å²) in [6, 6.07) is 5.41. The molecule has 114 valence electrons. The molecular weight excluding hydrogens is 293 g/mol. The van der Waals surface area contributed by atoms with Crippen molar-refractivity contribution in [3.05, 3.63) is 42.2 Å². The van der Waals surface area contributed by atoms with Crippen molar-refractivity contribution in [3.63, 3.8) is 0 Å². The number of rotatable bonds is 8. The number of carbonyl (C=O) groups is 2. The van der Waals surface area contributed by atoms with Crippen LogP contribution in [0.3, 0.4) is 0 Å². The van der Waals surface area contributed by atoms with E-state index in [2.05, 4.69) is 5.32 Å². The maximum Gasteiger partial charge on any atom is 0.326 e. The number of benzene rings is 1. The Bertz CT molecular complexity index is 519. The Morgan fingerprint density at radius 1 is 1.43 bits per heavy atom. The second-order valence-electron chi connectivity index (χ2n) is 4.29. The molecule has 4 nitrogen and oxygen atoms in total. The molecule has 1 unspecified atom stereocenters. The number of hydrogen-bond donors (Lipinski definition) is 2. The molecule has 0 saturated carbocycles. The van der Waals surface area contributed by atoms with Crippen molar-refractivity contribution < 1.29 is 19.1 Å². The van der Waals surface area contributed by atoms with Gasteiger partial charge in [-0.1, -0.05) is 24.3 Å². The van der Waals surface area contributed by atoms with Crippen molar-refractivity contribution in [2.24, 2.45) is 0 Å². The lowest BCUT2D eigenvalue weighted by Gasteiger charge is -2.12. The molecule has 21 heavy (non-hydrogen) atoms. The van der Waals surface area contributed by atoms with Gasteiger partial charge in [0.1, 0.15) is 11.9 Å². The summed E-state index contributed by atoms with van der Waals surface area (Å²) in [5.74, 6) is -1.35. The van der Waals surface area contributed by atoms with Crippen LogP contribution in [0.15, 0.2) is 41.3 Å². The molecule has 0 spiro atoms. The first-order chi connectivity index (χ1) is 10.0. The molecule has 0 saturated heterocycles. The van der Waals surface area contributed by atoms with Crippen LogP contribution in [-0.2, 0) is 9.59 Å². The van der Waals surface area contributed by atoms with E-state index in [4.69, 9.17) is 5.11 Å². The van der Waals surface area contributed by atoms with E-state index in [1.54, 1.807) is 37.3 Å². The number of thioether (sulfide) groups is 1. The predicted molar refractivity (Wildman–Crippen MR) is 80.7 cm³/mol. The van der Waals surface area contributed by atoms with E-state index in [0.29, 0.717) is 10.6 Å². The zero-order valence-electron chi connectivity index (χ0n) is 11.7. The highest BCUT2D eigenvalue weighted by Gasteiger charge is 2.18. The molecular formula is C15H18FNO3S. The number of aliphatic carboxylic acids is 1. The monoisotopic (exact) mass is 311 g/mol. The number of carboxylic acid groups (broad SMARTS) is 1. The Labute approximate surface area is 127 Å². The third-order valence-corrected chi connectivity index (χ3v) is 3.71. The van der Waals surface area contributed by atoms with E-state index in [1.165, 1.54) is 17.8 Å². The predicted octanol–water partition coefficient (Wildman–Crippen LogP) is 2.84. The molecule has 0 aliphatic carbocycles. The van der Waals surface area contributed by atoms with Gasteiger partial charge in [-0.25, -0.2) is 9.18 Å². The Balaban J connectivity index is 2.39. The fourth-order valence-electron chi connectivity index (χ4n) is 1.58. The third kappa shape index (κ3) is 6.44. The van der Waals surface area contributed by atoms with Crippen LogP contribution < -0.4 is 5.32 Å². The molecule has 1 rings (SSSR count). The van der Waals surface area contributed by atoms with Crippen LogP contribution >= 0.6 is 11.8 Å². The number of carbonyl (C=O) groups excluding carboxylic acids is 1. The number of hydrogen-bond acceptors (Lipinski definition) is 3. The highest BCUT2D eigenvalue weighted by atomic mass is 32.2. The second-order valence-corrected chi connectivity index (χ2v) is 5.43. The van der Waals surface area contributed by atoms with Crippen molar-refractivity contribution in [3.8, 4) is 0 Å². The topological polar surface area (TPSA) is 66.4 Å². The molecule has 0 heterocycles. The first-order valence-corrected chi connectivity index (χ1v) is 7.53. The molecule has 0 aliphatic rings. The maximum absolute atomic E-state index is 13.4. The first-order valence-electron chi connectivity index (χ1n) is 6.55. The fourth-order valence-corrected chi connectivity index (χ4v) is 2.46. The van der Waals surface area contributed by atoms with Gasteiger partial charge in [-0.15, -0.1) is 11.8 Å². The number of amides is 1. The van der Waals surface area contributed by atoms with Crippen molar-refractivity contribution in [2.75, 3.05) is 5.75 Å². The number of halogens is 1. The van der Waals surface area contributed by atoms with E-state index in [1.807, 2.05) is 0 Å². The summed E-state index contributed by atoms with van der Waals surface area (Å²) in [4.78, 5) is 23.1. The standard InChI is InChI=1S/C15H18FNO3S/c1-2-3-7-12(15(19)20)17-14(18)9-10-21-13-8-5-4-6-11(13)16/h2-6,8,12H,7,9-10H2,1H3,(H,17,18)(H,19,20)/b3-2+. The number of carboxylic acids is 1. The highest BCUT2D eigenvalue weighted by Crippen LogP contribution is 2.21. The fraction of sp³-hybridized carbons (Fsp3) is 0.333. The molecule has 1 aromatic carbocycles. The molecule has 1 amide bonds. The van der Waals surface area contributed by atoms with E-state index >= 15 is 0 Å². The van der Waals surface area contributed by atoms with Gasteiger partial charge >= 0.3 is 5.97 Å². The van der Waals surface area contributed by atoms with Gasteiger partial charge in [-0.05, 0) is 25.5 Å². The lowest BCUT2D eigenvalue weighted by molar-refractivity contribution is -0.141. The van der Waals surface area contributed by atoms with Gasteiger partial charge < -0.3 is 10.4 Å². The second kappa shape index (κ2) is 9.18. The molecule has 0 aliphatic heterocycles. The third-order valence-electron chi connectivity index (χ3n) is 2.66. The Kier molecular flexibility index (Phi) is 7.53. The zero-order valence-corrected chi connectivity index (χ0v) is 12.5. The van der Waals surface area contributed by atoms with Crippen molar-refractivity contribution in [1.82, 2.24) is 5.32 Å². The molecule has 0 fully saturated rings. The Hall–Kier alpha value is -1.82. The van der Waals surface area contributed by atoms with Crippen molar-refractivity contribution in [2.45, 2.75) is 30.7 Å². The van der Waals surface area contributed by atoms with Gasteiger partial charge in [0.25, 0.3) is 0 Å². The van der Waals surface area contributed by atoms with E-state index in [-0.39, 0.29) is 24.6 Å². The zero-order chi connectivity index (χ0) is 15.7. The van der Waals surface area contributed by atoms with Gasteiger partial charge in [0.2, 0.25) is 5.91 Å². The van der Waals surface area contributed by atoms with Crippen LogP contribution in [0, 0.1) is 5.82 Å². The lowest BCUT2D eigenvalue weighted by atomic mass is 10.2. The molecule has 1 atom stereocenters. The van der Waals surface area contributed by atoms with Gasteiger partial charge in [0, 0.05) is 17.1 Å². The van der Waals surface area contributed by atoms with Gasteiger partial charge in [0.15, 0.2) is 0 Å². The molecule has 6 heteroatoms. The van der Waals surface area contributed by atoms with E-state index < -0.39 is 12.0 Å². The summed E-state index contributed by atoms with van der Waals surface area (Å²) >= 11 is 1.23. The minimum Gasteiger partial charge on any atom is -0.480 e. The minimum atomic E-state index is -1.07. The van der Waals surface area contributed by atoms with Gasteiger partial charge in [-0.2, -0.15) is 0 Å². The van der Waals surface area contributed by atoms with Crippen LogP contribution in [0.5, 0.6) is 0 Å². The van der Waals surface area contributed by atoms with Crippen LogP contribution in [0.2, 0.25) is 0 Å². The average Bonchev–Trinajstić information content (AvgIpc) is 2.45. The molecule has 2 N–H and O–H groups in total. The van der Waals surface area contributed by atoms with Crippen LogP contribution in [0.1, 0.15) is 19.8 Å². The largest absolute Gasteiger partial charge is 0.480 e. The van der Waals surface area contributed by atoms with Crippen LogP contribution in [-0.4, -0.2) is 28.8 Å². The van der Waals surface area contributed by atoms with Gasteiger partial charge in [0.05, 0.1) is 0 Å². The quantitative estimate of drug-likeness (QED) is 0.572. The van der Waals surface area contributed by atoms with Crippen molar-refractivity contribution >= 4 is 23.6 Å². The smallest absolute Gasteiger partial charge is 0.326 e. The lowest BCUT2D eigenvalue weighted by Crippen LogP contribution is -2.40. The normalized spacial score (nSPS) is 12.3. The molecule has 0 radical (unpaired) electrons. The number of nitrogens with one attached hydrogen (secondary N) is 1. The Morgan fingerprint density at radius 2 is 2.14 bits per heavy atom. The van der Waals surface area contributed by atoms with E-state index in [0.717, 1.165) is 0 Å². The number of allylic oxidation sites excluding steroid dienone is 1. The molecule has 0 bridgehead atoms. The summed E-state index contributed by atoms with van der Waals surface area (Å²) in [5.41, 5.74) is 0. The summed E-state index contributed by atoms with van der Waals surface area (Å²) < 4.78 is 13.4. The first kappa shape index (κ1) is 17.2.